The maximum absolute atomic E-state index is 5.16. The number of hydrogen-bond acceptors (Lipinski definition) is 3. The van der Waals surface area contributed by atoms with Crippen LogP contribution in [-0.4, -0.2) is 16.3 Å². The van der Waals surface area contributed by atoms with E-state index in [1.54, 1.807) is 24.7 Å². The Kier molecular flexibility index (Phi) is 4.30. The van der Waals surface area contributed by atoms with E-state index in [0.29, 0.717) is 0 Å². The van der Waals surface area contributed by atoms with Gasteiger partial charge in [0.25, 0.3) is 0 Å². The molecule has 0 aliphatic rings. The van der Waals surface area contributed by atoms with Crippen LogP contribution in [0, 0.1) is 0 Å². The summed E-state index contributed by atoms with van der Waals surface area (Å²) < 4.78 is 0. The lowest BCUT2D eigenvalue weighted by Crippen LogP contribution is -2.23. The van der Waals surface area contributed by atoms with Gasteiger partial charge in [-0.05, 0) is 36.0 Å². The summed E-state index contributed by atoms with van der Waals surface area (Å²) in [6, 6.07) is 3.79. The molecule has 0 fully saturated rings. The summed E-state index contributed by atoms with van der Waals surface area (Å²) in [7, 11) is 0. The van der Waals surface area contributed by atoms with E-state index in [9.17, 15) is 0 Å². The number of pyridine rings is 1. The van der Waals surface area contributed by atoms with Crippen LogP contribution in [0.5, 0.6) is 0 Å². The van der Waals surface area contributed by atoms with Gasteiger partial charge in [0.05, 0.1) is 0 Å². The number of aromatic nitrogens is 1. The summed E-state index contributed by atoms with van der Waals surface area (Å²) in [5.41, 5.74) is 8.66. The molecule has 1 aromatic heterocycles. The molecule has 0 saturated carbocycles. The highest BCUT2D eigenvalue weighted by Gasteiger charge is 1.81. The minimum Gasteiger partial charge on any atom is -0.375 e. The van der Waals surface area contributed by atoms with Gasteiger partial charge in [-0.2, -0.15) is 5.10 Å². The van der Waals surface area contributed by atoms with Gasteiger partial charge in [-0.3, -0.25) is 10.4 Å². The molecular weight excluding hydrogens is 196 g/mol. The van der Waals surface area contributed by atoms with Crippen molar-refractivity contribution in [2.24, 2.45) is 10.8 Å². The van der Waals surface area contributed by atoms with Crippen molar-refractivity contribution < 1.29 is 0 Å². The first-order chi connectivity index (χ1) is 6.79. The Bertz CT molecular complexity index is 345. The SMILES string of the molecule is NC(=S)NN=CC=Cc1ccncc1. The highest BCUT2D eigenvalue weighted by molar-refractivity contribution is 7.80. The van der Waals surface area contributed by atoms with Crippen molar-refractivity contribution in [1.29, 1.82) is 0 Å². The van der Waals surface area contributed by atoms with Crippen LogP contribution in [0.4, 0.5) is 0 Å². The van der Waals surface area contributed by atoms with Gasteiger partial charge in [-0.1, -0.05) is 6.08 Å². The van der Waals surface area contributed by atoms with Crippen LogP contribution in [0.2, 0.25) is 0 Å². The molecule has 1 rings (SSSR count). The first kappa shape index (κ1) is 10.3. The summed E-state index contributed by atoms with van der Waals surface area (Å²) in [5.74, 6) is 0. The van der Waals surface area contributed by atoms with Gasteiger partial charge in [0.2, 0.25) is 0 Å². The lowest BCUT2D eigenvalue weighted by molar-refractivity contribution is 1.04. The average Bonchev–Trinajstić information content (AvgIpc) is 2.18. The molecule has 14 heavy (non-hydrogen) atoms. The number of rotatable bonds is 3. The Morgan fingerprint density at radius 2 is 2.21 bits per heavy atom. The van der Waals surface area contributed by atoms with Crippen LogP contribution < -0.4 is 11.2 Å². The largest absolute Gasteiger partial charge is 0.375 e. The standard InChI is InChI=1S/C9H10N4S/c10-9(14)13-12-5-1-2-8-3-6-11-7-4-8/h1-7H,(H3,10,13,14). The van der Waals surface area contributed by atoms with E-state index in [2.05, 4.69) is 27.7 Å². The number of hydrogen-bond donors (Lipinski definition) is 2. The predicted molar refractivity (Wildman–Crippen MR) is 61.7 cm³/mol. The van der Waals surface area contributed by atoms with E-state index >= 15 is 0 Å². The third-order valence-corrected chi connectivity index (χ3v) is 1.42. The molecule has 4 nitrogen and oxygen atoms in total. The van der Waals surface area contributed by atoms with Crippen LogP contribution in [0.1, 0.15) is 5.56 Å². The molecule has 72 valence electrons. The number of nitrogens with two attached hydrogens (primary N) is 1. The van der Waals surface area contributed by atoms with Gasteiger partial charge >= 0.3 is 0 Å². The minimum absolute atomic E-state index is 0.151. The number of thiocarbonyl (C=S) groups is 1. The normalized spacial score (nSPS) is 10.9. The summed E-state index contributed by atoms with van der Waals surface area (Å²) >= 11 is 4.56. The summed E-state index contributed by atoms with van der Waals surface area (Å²) in [5, 5.41) is 3.89. The zero-order chi connectivity index (χ0) is 10.2. The van der Waals surface area contributed by atoms with Crippen molar-refractivity contribution in [1.82, 2.24) is 10.4 Å². The molecule has 1 aromatic rings. The molecule has 0 spiro atoms. The Labute approximate surface area is 87.5 Å². The van der Waals surface area contributed by atoms with Crippen molar-refractivity contribution >= 4 is 29.6 Å². The fourth-order valence-electron chi connectivity index (χ4n) is 0.773. The topological polar surface area (TPSA) is 63.3 Å². The Balaban J connectivity index is 2.42. The Morgan fingerprint density at radius 1 is 1.50 bits per heavy atom. The van der Waals surface area contributed by atoms with E-state index < -0.39 is 0 Å². The molecule has 5 heteroatoms. The molecule has 0 saturated heterocycles. The molecule has 0 unspecified atom stereocenters. The van der Waals surface area contributed by atoms with Crippen LogP contribution in [0.15, 0.2) is 35.7 Å². The Morgan fingerprint density at radius 3 is 2.86 bits per heavy atom. The number of hydrazone groups is 1. The van der Waals surface area contributed by atoms with Gasteiger partial charge in [0, 0.05) is 18.6 Å². The van der Waals surface area contributed by atoms with Gasteiger partial charge in [-0.15, -0.1) is 0 Å². The van der Waals surface area contributed by atoms with Crippen molar-refractivity contribution in [2.75, 3.05) is 0 Å². The fourth-order valence-corrected chi connectivity index (χ4v) is 0.825. The molecule has 0 aliphatic heterocycles. The third-order valence-electron chi connectivity index (χ3n) is 1.33. The molecule has 0 atom stereocenters. The number of nitrogens with one attached hydrogen (secondary N) is 1. The smallest absolute Gasteiger partial charge is 0.184 e. The first-order valence-corrected chi connectivity index (χ1v) is 4.35. The molecule has 0 bridgehead atoms. The number of nitrogens with zero attached hydrogens (tertiary/aromatic N) is 2. The maximum Gasteiger partial charge on any atom is 0.184 e. The molecule has 0 aromatic carbocycles. The molecule has 0 radical (unpaired) electrons. The monoisotopic (exact) mass is 206 g/mol. The van der Waals surface area contributed by atoms with E-state index in [-0.39, 0.29) is 5.11 Å². The highest BCUT2D eigenvalue weighted by Crippen LogP contribution is 1.97. The summed E-state index contributed by atoms with van der Waals surface area (Å²) in [6.07, 6.45) is 8.70. The molecular formula is C9H10N4S. The van der Waals surface area contributed by atoms with Crippen molar-refractivity contribution in [3.05, 3.63) is 36.2 Å². The average molecular weight is 206 g/mol. The van der Waals surface area contributed by atoms with Crippen LogP contribution in [0.3, 0.4) is 0 Å². The van der Waals surface area contributed by atoms with Crippen LogP contribution >= 0.6 is 12.2 Å². The summed E-state index contributed by atoms with van der Waals surface area (Å²) in [6.45, 7) is 0. The van der Waals surface area contributed by atoms with Crippen LogP contribution in [-0.2, 0) is 0 Å². The second-order valence-corrected chi connectivity index (χ2v) is 2.83. The first-order valence-electron chi connectivity index (χ1n) is 3.94. The summed E-state index contributed by atoms with van der Waals surface area (Å²) in [4.78, 5) is 3.90. The molecule has 0 aliphatic carbocycles. The molecule has 0 amide bonds. The second-order valence-electron chi connectivity index (χ2n) is 2.39. The van der Waals surface area contributed by atoms with E-state index in [4.69, 9.17) is 5.73 Å². The predicted octanol–water partition coefficient (Wildman–Crippen LogP) is 0.914. The zero-order valence-corrected chi connectivity index (χ0v) is 8.24. The van der Waals surface area contributed by atoms with Gasteiger partial charge < -0.3 is 5.73 Å². The zero-order valence-electron chi connectivity index (χ0n) is 7.42. The maximum atomic E-state index is 5.16. The van der Waals surface area contributed by atoms with Gasteiger partial charge in [-0.25, -0.2) is 0 Å². The Hall–Kier alpha value is -1.75. The van der Waals surface area contributed by atoms with E-state index in [1.165, 1.54) is 0 Å². The highest BCUT2D eigenvalue weighted by atomic mass is 32.1. The lowest BCUT2D eigenvalue weighted by Gasteiger charge is -1.91. The lowest BCUT2D eigenvalue weighted by atomic mass is 10.2. The van der Waals surface area contributed by atoms with Crippen molar-refractivity contribution in [3.8, 4) is 0 Å². The van der Waals surface area contributed by atoms with Gasteiger partial charge in [0.1, 0.15) is 0 Å². The molecule has 3 N–H and O–H groups in total. The number of allylic oxidation sites excluding steroid dienone is 1. The minimum atomic E-state index is 0.151. The van der Waals surface area contributed by atoms with E-state index in [0.717, 1.165) is 5.56 Å². The van der Waals surface area contributed by atoms with Crippen molar-refractivity contribution in [2.45, 2.75) is 0 Å². The van der Waals surface area contributed by atoms with Crippen LogP contribution in [0.25, 0.3) is 6.08 Å². The fraction of sp³-hybridized carbons (Fsp3) is 0. The van der Waals surface area contributed by atoms with Gasteiger partial charge in [0.15, 0.2) is 5.11 Å². The quantitative estimate of drug-likeness (QED) is 0.438. The molecule has 1 heterocycles. The van der Waals surface area contributed by atoms with E-state index in [1.807, 2.05) is 18.2 Å². The second kappa shape index (κ2) is 5.82. The van der Waals surface area contributed by atoms with Crippen molar-refractivity contribution in [3.63, 3.8) is 0 Å². The third kappa shape index (κ3) is 4.32.